The first kappa shape index (κ1) is 10.7. The molecular formula is C13H16ClN. The molecule has 0 atom stereocenters. The van der Waals surface area contributed by atoms with Crippen molar-refractivity contribution >= 4 is 17.3 Å². The summed E-state index contributed by atoms with van der Waals surface area (Å²) in [4.78, 5) is 4.65. The van der Waals surface area contributed by atoms with Crippen molar-refractivity contribution in [1.29, 1.82) is 0 Å². The quantitative estimate of drug-likeness (QED) is 0.681. The second-order valence-electron chi connectivity index (χ2n) is 4.70. The Hall–Kier alpha value is -0.820. The highest BCUT2D eigenvalue weighted by atomic mass is 35.5. The number of halogens is 1. The molecule has 15 heavy (non-hydrogen) atoms. The predicted octanol–water partition coefficient (Wildman–Crippen LogP) is 3.95. The van der Waals surface area contributed by atoms with E-state index in [1.807, 2.05) is 18.2 Å². The van der Waals surface area contributed by atoms with Gasteiger partial charge in [0, 0.05) is 28.3 Å². The van der Waals surface area contributed by atoms with E-state index in [9.17, 15) is 0 Å². The van der Waals surface area contributed by atoms with Crippen LogP contribution >= 0.6 is 11.6 Å². The van der Waals surface area contributed by atoms with E-state index in [-0.39, 0.29) is 5.41 Å². The maximum absolute atomic E-state index is 6.20. The second kappa shape index (κ2) is 3.97. The molecule has 0 unspecified atom stereocenters. The third-order valence-electron chi connectivity index (χ3n) is 3.00. The molecule has 1 heterocycles. The highest BCUT2D eigenvalue weighted by Gasteiger charge is 2.29. The monoisotopic (exact) mass is 221 g/mol. The first-order valence-electron chi connectivity index (χ1n) is 5.41. The van der Waals surface area contributed by atoms with Crippen LogP contribution in [0.15, 0.2) is 29.3 Å². The van der Waals surface area contributed by atoms with Crippen molar-refractivity contribution in [2.75, 3.05) is 6.54 Å². The fraction of sp³-hybridized carbons (Fsp3) is 0.462. The molecular weight excluding hydrogens is 206 g/mol. The number of aliphatic imine (C=N–C) groups is 1. The number of nitrogens with zero attached hydrogens (tertiary/aromatic N) is 1. The summed E-state index contributed by atoms with van der Waals surface area (Å²) in [6.07, 6.45) is 2.37. The molecule has 0 fully saturated rings. The van der Waals surface area contributed by atoms with Crippen molar-refractivity contribution in [3.05, 3.63) is 34.9 Å². The molecule has 1 aromatic carbocycles. The first-order chi connectivity index (χ1) is 7.11. The van der Waals surface area contributed by atoms with E-state index >= 15 is 0 Å². The van der Waals surface area contributed by atoms with Gasteiger partial charge in [-0.25, -0.2) is 0 Å². The van der Waals surface area contributed by atoms with Gasteiger partial charge in [0.1, 0.15) is 0 Å². The van der Waals surface area contributed by atoms with Crippen LogP contribution in [0.1, 0.15) is 32.3 Å². The molecule has 2 heteroatoms. The van der Waals surface area contributed by atoms with E-state index < -0.39 is 0 Å². The van der Waals surface area contributed by atoms with Gasteiger partial charge < -0.3 is 0 Å². The molecule has 1 aliphatic heterocycles. The van der Waals surface area contributed by atoms with E-state index in [0.29, 0.717) is 0 Å². The minimum absolute atomic E-state index is 0.156. The molecule has 1 aliphatic rings. The lowest BCUT2D eigenvalue weighted by molar-refractivity contribution is 0.440. The van der Waals surface area contributed by atoms with Crippen LogP contribution in [0.4, 0.5) is 0 Å². The Morgan fingerprint density at radius 2 is 2.00 bits per heavy atom. The number of benzene rings is 1. The zero-order valence-electron chi connectivity index (χ0n) is 9.26. The largest absolute Gasteiger partial charge is 0.289 e. The molecule has 80 valence electrons. The minimum Gasteiger partial charge on any atom is -0.289 e. The molecule has 1 nitrogen and oxygen atoms in total. The Labute approximate surface area is 96.2 Å². The zero-order chi connectivity index (χ0) is 10.9. The lowest BCUT2D eigenvalue weighted by atomic mass is 9.78. The molecule has 0 N–H and O–H groups in total. The van der Waals surface area contributed by atoms with Crippen LogP contribution < -0.4 is 0 Å². The van der Waals surface area contributed by atoms with Gasteiger partial charge in [0.2, 0.25) is 0 Å². The zero-order valence-corrected chi connectivity index (χ0v) is 10.0. The molecule has 0 bridgehead atoms. The summed E-state index contributed by atoms with van der Waals surface area (Å²) >= 11 is 6.20. The average Bonchev–Trinajstić information content (AvgIpc) is 2.19. The van der Waals surface area contributed by atoms with Crippen LogP contribution in [0, 0.1) is 5.41 Å². The molecule has 0 aromatic heterocycles. The van der Waals surface area contributed by atoms with Crippen molar-refractivity contribution in [2.24, 2.45) is 10.4 Å². The smallest absolute Gasteiger partial charge is 0.0496 e. The topological polar surface area (TPSA) is 12.4 Å². The first-order valence-corrected chi connectivity index (χ1v) is 5.79. The SMILES string of the molecule is CC1(C)CCCN=C1c1ccccc1Cl. The maximum atomic E-state index is 6.20. The summed E-state index contributed by atoms with van der Waals surface area (Å²) in [5.41, 5.74) is 2.42. The van der Waals surface area contributed by atoms with Crippen LogP contribution in [0.25, 0.3) is 0 Å². The van der Waals surface area contributed by atoms with Gasteiger partial charge in [-0.15, -0.1) is 0 Å². The summed E-state index contributed by atoms with van der Waals surface area (Å²) < 4.78 is 0. The molecule has 0 aliphatic carbocycles. The summed E-state index contributed by atoms with van der Waals surface area (Å²) in [5.74, 6) is 0. The van der Waals surface area contributed by atoms with Crippen LogP contribution in [0.2, 0.25) is 5.02 Å². The minimum atomic E-state index is 0.156. The van der Waals surface area contributed by atoms with Crippen LogP contribution in [0.3, 0.4) is 0 Å². The Bertz CT molecular complexity index is 393. The third-order valence-corrected chi connectivity index (χ3v) is 3.33. The molecule has 1 aromatic rings. The van der Waals surface area contributed by atoms with Gasteiger partial charge in [0.15, 0.2) is 0 Å². The van der Waals surface area contributed by atoms with Crippen molar-refractivity contribution in [2.45, 2.75) is 26.7 Å². The molecule has 0 amide bonds. The fourth-order valence-corrected chi connectivity index (χ4v) is 2.37. The summed E-state index contributed by atoms with van der Waals surface area (Å²) in [6.45, 7) is 5.42. The molecule has 0 saturated heterocycles. The Morgan fingerprint density at radius 1 is 1.27 bits per heavy atom. The van der Waals surface area contributed by atoms with Crippen LogP contribution in [0.5, 0.6) is 0 Å². The van der Waals surface area contributed by atoms with Gasteiger partial charge in [-0.05, 0) is 18.9 Å². The van der Waals surface area contributed by atoms with Crippen LogP contribution in [-0.2, 0) is 0 Å². The Morgan fingerprint density at radius 3 is 2.67 bits per heavy atom. The lowest BCUT2D eigenvalue weighted by Crippen LogP contribution is -2.29. The van der Waals surface area contributed by atoms with Gasteiger partial charge in [-0.1, -0.05) is 43.6 Å². The van der Waals surface area contributed by atoms with Gasteiger partial charge in [-0.3, -0.25) is 4.99 Å². The van der Waals surface area contributed by atoms with Crippen molar-refractivity contribution in [1.82, 2.24) is 0 Å². The predicted molar refractivity (Wildman–Crippen MR) is 65.9 cm³/mol. The van der Waals surface area contributed by atoms with E-state index in [0.717, 1.165) is 17.1 Å². The molecule has 0 saturated carbocycles. The second-order valence-corrected chi connectivity index (χ2v) is 5.10. The Kier molecular flexibility index (Phi) is 2.83. The van der Waals surface area contributed by atoms with E-state index in [4.69, 9.17) is 11.6 Å². The van der Waals surface area contributed by atoms with Gasteiger partial charge in [0.25, 0.3) is 0 Å². The number of hydrogen-bond donors (Lipinski definition) is 0. The normalized spacial score (nSPS) is 19.8. The molecule has 0 radical (unpaired) electrons. The third kappa shape index (κ3) is 2.07. The lowest BCUT2D eigenvalue weighted by Gasteiger charge is -2.31. The fourth-order valence-electron chi connectivity index (χ4n) is 2.15. The Balaban J connectivity index is 2.46. The van der Waals surface area contributed by atoms with Gasteiger partial charge >= 0.3 is 0 Å². The number of hydrogen-bond acceptors (Lipinski definition) is 1. The summed E-state index contributed by atoms with van der Waals surface area (Å²) in [5, 5.41) is 0.811. The van der Waals surface area contributed by atoms with E-state index in [1.165, 1.54) is 18.6 Å². The summed E-state index contributed by atoms with van der Waals surface area (Å²) in [7, 11) is 0. The van der Waals surface area contributed by atoms with E-state index in [1.54, 1.807) is 0 Å². The van der Waals surface area contributed by atoms with Crippen molar-refractivity contribution in [3.63, 3.8) is 0 Å². The highest BCUT2D eigenvalue weighted by molar-refractivity contribution is 6.34. The molecule has 0 spiro atoms. The van der Waals surface area contributed by atoms with Crippen molar-refractivity contribution in [3.8, 4) is 0 Å². The van der Waals surface area contributed by atoms with Gasteiger partial charge in [0.05, 0.1) is 0 Å². The van der Waals surface area contributed by atoms with Crippen molar-refractivity contribution < 1.29 is 0 Å². The maximum Gasteiger partial charge on any atom is 0.0496 e. The summed E-state index contributed by atoms with van der Waals surface area (Å²) in [6, 6.07) is 7.98. The van der Waals surface area contributed by atoms with Crippen LogP contribution in [-0.4, -0.2) is 12.3 Å². The highest BCUT2D eigenvalue weighted by Crippen LogP contribution is 2.33. The van der Waals surface area contributed by atoms with Gasteiger partial charge in [-0.2, -0.15) is 0 Å². The molecule has 2 rings (SSSR count). The standard InChI is InChI=1S/C13H16ClN/c1-13(2)8-5-9-15-12(13)10-6-3-4-7-11(10)14/h3-4,6-7H,5,8-9H2,1-2H3. The van der Waals surface area contributed by atoms with E-state index in [2.05, 4.69) is 24.9 Å². The number of rotatable bonds is 1. The average molecular weight is 222 g/mol.